The molecule has 0 aromatic heterocycles. The van der Waals surface area contributed by atoms with Crippen LogP contribution in [0.3, 0.4) is 0 Å². The van der Waals surface area contributed by atoms with Gasteiger partial charge in [0.2, 0.25) is 0 Å². The maximum Gasteiger partial charge on any atom is 1.00 e. The molecule has 0 N–H and O–H groups in total. The molecular formula is C10H13BF3KO2. The number of rotatable bonds is 5. The number of halogens is 3. The fourth-order valence-electron chi connectivity index (χ4n) is 1.27. The molecule has 2 nitrogen and oxygen atoms in total. The van der Waals surface area contributed by atoms with E-state index in [1.165, 1.54) is 13.2 Å². The smallest absolute Gasteiger partial charge is 0.491 e. The number of ether oxygens (including phenoxy) is 2. The maximum atomic E-state index is 12.4. The van der Waals surface area contributed by atoms with Crippen molar-refractivity contribution in [1.82, 2.24) is 0 Å². The summed E-state index contributed by atoms with van der Waals surface area (Å²) in [5.74, 6) is 0.459. The minimum Gasteiger partial charge on any atom is -0.491 e. The quantitative estimate of drug-likeness (QED) is 0.510. The van der Waals surface area contributed by atoms with E-state index in [1.54, 1.807) is 6.92 Å². The van der Waals surface area contributed by atoms with Crippen LogP contribution in [0.15, 0.2) is 18.2 Å². The van der Waals surface area contributed by atoms with Gasteiger partial charge in [-0.1, -0.05) is 12.1 Å². The average Bonchev–Trinajstić information content (AvgIpc) is 2.19. The fourth-order valence-corrected chi connectivity index (χ4v) is 1.27. The largest absolute Gasteiger partial charge is 1.00 e. The number of hydrogen-bond donors (Lipinski definition) is 0. The first kappa shape index (κ1) is 17.5. The summed E-state index contributed by atoms with van der Waals surface area (Å²) in [4.78, 5) is 0. The summed E-state index contributed by atoms with van der Waals surface area (Å²) < 4.78 is 47.3. The summed E-state index contributed by atoms with van der Waals surface area (Å²) in [6.07, 6.45) is 0. The van der Waals surface area contributed by atoms with Crippen LogP contribution >= 0.6 is 0 Å². The second kappa shape index (κ2) is 7.81. The normalized spacial score (nSPS) is 10.9. The fraction of sp³-hybridized carbons (Fsp3) is 0.400. The van der Waals surface area contributed by atoms with Crippen molar-refractivity contribution >= 4 is 12.4 Å². The molecule has 0 spiro atoms. The minimum absolute atomic E-state index is 0. The number of aryl methyl sites for hydroxylation is 1. The summed E-state index contributed by atoms with van der Waals surface area (Å²) in [5, 5.41) is 0. The summed E-state index contributed by atoms with van der Waals surface area (Å²) >= 11 is 0. The van der Waals surface area contributed by atoms with Gasteiger partial charge in [-0.25, -0.2) is 0 Å². The Morgan fingerprint density at radius 3 is 2.29 bits per heavy atom. The molecule has 0 aliphatic rings. The van der Waals surface area contributed by atoms with Crippen molar-refractivity contribution in [3.63, 3.8) is 0 Å². The van der Waals surface area contributed by atoms with Gasteiger partial charge in [-0.05, 0) is 18.6 Å². The molecule has 1 aromatic rings. The summed E-state index contributed by atoms with van der Waals surface area (Å²) in [7, 11) is 1.53. The van der Waals surface area contributed by atoms with E-state index in [9.17, 15) is 12.9 Å². The van der Waals surface area contributed by atoms with Crippen LogP contribution in [0.4, 0.5) is 12.9 Å². The molecule has 0 heterocycles. The van der Waals surface area contributed by atoms with Gasteiger partial charge >= 0.3 is 58.4 Å². The van der Waals surface area contributed by atoms with Gasteiger partial charge in [-0.15, -0.1) is 5.46 Å². The molecule has 7 heteroatoms. The molecule has 0 amide bonds. The zero-order chi connectivity index (χ0) is 12.2. The van der Waals surface area contributed by atoms with E-state index in [1.807, 2.05) is 0 Å². The molecule has 0 aliphatic heterocycles. The Kier molecular flexibility index (Phi) is 8.02. The topological polar surface area (TPSA) is 18.5 Å². The van der Waals surface area contributed by atoms with Gasteiger partial charge in [-0.3, -0.25) is 0 Å². The van der Waals surface area contributed by atoms with Gasteiger partial charge in [0, 0.05) is 7.11 Å². The van der Waals surface area contributed by atoms with Crippen LogP contribution in [0, 0.1) is 6.92 Å². The molecule has 0 radical (unpaired) electrons. The van der Waals surface area contributed by atoms with Gasteiger partial charge < -0.3 is 22.4 Å². The van der Waals surface area contributed by atoms with E-state index in [2.05, 4.69) is 0 Å². The first-order valence-electron chi connectivity index (χ1n) is 4.87. The van der Waals surface area contributed by atoms with Gasteiger partial charge in [0.25, 0.3) is 0 Å². The third-order valence-electron chi connectivity index (χ3n) is 2.12. The predicted molar refractivity (Wildman–Crippen MR) is 57.3 cm³/mol. The van der Waals surface area contributed by atoms with Crippen molar-refractivity contribution in [3.05, 3.63) is 23.8 Å². The summed E-state index contributed by atoms with van der Waals surface area (Å²) in [5.41, 5.74) is -0.121. The zero-order valence-corrected chi connectivity index (χ0v) is 13.3. The van der Waals surface area contributed by atoms with E-state index < -0.39 is 12.4 Å². The first-order chi connectivity index (χ1) is 7.45. The van der Waals surface area contributed by atoms with Gasteiger partial charge in [0.1, 0.15) is 12.4 Å². The number of methoxy groups -OCH3 is 1. The van der Waals surface area contributed by atoms with Gasteiger partial charge in [0.15, 0.2) is 0 Å². The van der Waals surface area contributed by atoms with Gasteiger partial charge in [-0.2, -0.15) is 0 Å². The second-order valence-corrected chi connectivity index (χ2v) is 3.44. The van der Waals surface area contributed by atoms with E-state index in [0.29, 0.717) is 24.5 Å². The molecular weight excluding hydrogens is 259 g/mol. The molecule has 90 valence electrons. The average molecular weight is 272 g/mol. The van der Waals surface area contributed by atoms with Crippen molar-refractivity contribution in [1.29, 1.82) is 0 Å². The zero-order valence-electron chi connectivity index (χ0n) is 10.2. The van der Waals surface area contributed by atoms with Crippen molar-refractivity contribution in [3.8, 4) is 5.75 Å². The molecule has 1 aromatic carbocycles. The van der Waals surface area contributed by atoms with Crippen molar-refractivity contribution in [2.24, 2.45) is 0 Å². The number of hydrogen-bond acceptors (Lipinski definition) is 2. The van der Waals surface area contributed by atoms with Crippen LogP contribution in [0.25, 0.3) is 0 Å². The molecule has 0 aliphatic carbocycles. The Balaban J connectivity index is 0.00000256. The second-order valence-electron chi connectivity index (χ2n) is 3.44. The Hall–Kier alpha value is 0.471. The number of benzene rings is 1. The third kappa shape index (κ3) is 5.76. The summed E-state index contributed by atoms with van der Waals surface area (Å²) in [6, 6.07) is 3.48. The molecule has 1 rings (SSSR count). The van der Waals surface area contributed by atoms with Crippen LogP contribution in [0.1, 0.15) is 5.56 Å². The molecule has 0 fully saturated rings. The van der Waals surface area contributed by atoms with E-state index >= 15 is 0 Å². The molecule has 0 saturated heterocycles. The molecule has 0 saturated carbocycles. The third-order valence-corrected chi connectivity index (χ3v) is 2.12. The standard InChI is InChI=1S/C10H13BF3O2.K/c1-8-7-9(11(12,13)14)3-4-10(8)16-6-5-15-2;/h3-4,7H,5-6H2,1-2H3;/q-1;+1. The van der Waals surface area contributed by atoms with Crippen LogP contribution < -0.4 is 61.6 Å². The van der Waals surface area contributed by atoms with Crippen LogP contribution in [-0.4, -0.2) is 27.3 Å². The van der Waals surface area contributed by atoms with E-state index in [4.69, 9.17) is 9.47 Å². The Bertz CT molecular complexity index is 358. The maximum absolute atomic E-state index is 12.4. The Labute approximate surface area is 141 Å². The SMILES string of the molecule is COCCOc1ccc([B-](F)(F)F)cc1C.[K+]. The van der Waals surface area contributed by atoms with E-state index in [0.717, 1.165) is 12.1 Å². The van der Waals surface area contributed by atoms with Crippen LogP contribution in [0.2, 0.25) is 0 Å². The van der Waals surface area contributed by atoms with Crippen LogP contribution in [0.5, 0.6) is 5.75 Å². The van der Waals surface area contributed by atoms with Crippen LogP contribution in [-0.2, 0) is 4.74 Å². The Morgan fingerprint density at radius 1 is 1.18 bits per heavy atom. The summed E-state index contributed by atoms with van der Waals surface area (Å²) in [6.45, 7) is -2.61. The van der Waals surface area contributed by atoms with E-state index in [-0.39, 0.29) is 51.4 Å². The predicted octanol–water partition coefficient (Wildman–Crippen LogP) is -0.921. The molecule has 0 unspecified atom stereocenters. The Morgan fingerprint density at radius 2 is 1.82 bits per heavy atom. The van der Waals surface area contributed by atoms with Crippen molar-refractivity contribution < 1.29 is 73.8 Å². The monoisotopic (exact) mass is 272 g/mol. The minimum atomic E-state index is -4.94. The van der Waals surface area contributed by atoms with Crippen molar-refractivity contribution in [2.75, 3.05) is 20.3 Å². The van der Waals surface area contributed by atoms with Crippen molar-refractivity contribution in [2.45, 2.75) is 6.92 Å². The first-order valence-corrected chi connectivity index (χ1v) is 4.87. The van der Waals surface area contributed by atoms with Gasteiger partial charge in [0.05, 0.1) is 6.61 Å². The molecule has 0 atom stereocenters. The molecule has 17 heavy (non-hydrogen) atoms. The molecule has 0 bridgehead atoms.